The first-order valence-electron chi connectivity index (χ1n) is 10.5. The molecule has 0 spiro atoms. The highest BCUT2D eigenvalue weighted by atomic mass is 19.4. The van der Waals surface area contributed by atoms with Crippen LogP contribution in [0.1, 0.15) is 63.0 Å². The fraction of sp³-hybridized carbons (Fsp3) is 0.360. The van der Waals surface area contributed by atoms with Gasteiger partial charge in [-0.25, -0.2) is 0 Å². The number of carbonyl (C=O) groups excluding carboxylic acids is 1. The molecule has 0 atom stereocenters. The number of pyridine rings is 1. The van der Waals surface area contributed by atoms with Gasteiger partial charge in [-0.2, -0.15) is 0 Å². The summed E-state index contributed by atoms with van der Waals surface area (Å²) in [5, 5.41) is 10.8. The van der Waals surface area contributed by atoms with E-state index in [4.69, 9.17) is 5.73 Å². The number of phenols is 1. The highest BCUT2D eigenvalue weighted by Gasteiger charge is 2.32. The molecule has 1 heterocycles. The fourth-order valence-electron chi connectivity index (χ4n) is 3.86. The van der Waals surface area contributed by atoms with E-state index in [1.807, 2.05) is 47.6 Å². The fourth-order valence-corrected chi connectivity index (χ4v) is 3.86. The number of alkyl halides is 3. The zero-order valence-electron chi connectivity index (χ0n) is 19.8. The van der Waals surface area contributed by atoms with Crippen molar-refractivity contribution in [2.24, 2.45) is 5.73 Å². The van der Waals surface area contributed by atoms with Gasteiger partial charge < -0.3 is 20.1 Å². The number of phenolic OH excluding ortho intramolecular Hbond substituents is 1. The summed E-state index contributed by atoms with van der Waals surface area (Å²) in [6.07, 6.45) is -3.75. The Bertz CT molecular complexity index is 1340. The van der Waals surface area contributed by atoms with E-state index in [0.29, 0.717) is 11.3 Å². The van der Waals surface area contributed by atoms with Gasteiger partial charge in [-0.15, -0.1) is 13.2 Å². The zero-order valence-corrected chi connectivity index (χ0v) is 19.8. The number of primary amides is 1. The predicted octanol–water partition coefficient (Wildman–Crippen LogP) is 5.29. The van der Waals surface area contributed by atoms with Crippen LogP contribution >= 0.6 is 0 Å². The third-order valence-corrected chi connectivity index (χ3v) is 5.46. The van der Waals surface area contributed by atoms with Gasteiger partial charge in [-0.1, -0.05) is 41.5 Å². The number of ether oxygens (including phenoxy) is 1. The van der Waals surface area contributed by atoms with E-state index in [1.165, 1.54) is 16.8 Å². The molecule has 182 valence electrons. The van der Waals surface area contributed by atoms with Crippen molar-refractivity contribution in [3.8, 4) is 17.2 Å². The van der Waals surface area contributed by atoms with Crippen LogP contribution in [0.2, 0.25) is 0 Å². The number of aromatic nitrogens is 1. The number of fused-ring (bicyclic) bond motifs is 1. The summed E-state index contributed by atoms with van der Waals surface area (Å²) >= 11 is 0. The number of carbonyl (C=O) groups is 1. The summed E-state index contributed by atoms with van der Waals surface area (Å²) in [5.41, 5.74) is 5.34. The van der Waals surface area contributed by atoms with Crippen LogP contribution in [0.3, 0.4) is 0 Å². The number of amides is 1. The van der Waals surface area contributed by atoms with Crippen molar-refractivity contribution in [2.75, 3.05) is 0 Å². The predicted molar refractivity (Wildman–Crippen MR) is 124 cm³/mol. The first kappa shape index (κ1) is 25.1. The van der Waals surface area contributed by atoms with Crippen LogP contribution in [0.4, 0.5) is 13.2 Å². The smallest absolute Gasteiger partial charge is 0.508 e. The average molecular weight is 476 g/mol. The molecule has 1 amide bonds. The lowest BCUT2D eigenvalue weighted by molar-refractivity contribution is -0.274. The Morgan fingerprint density at radius 3 is 2.06 bits per heavy atom. The van der Waals surface area contributed by atoms with Crippen LogP contribution in [0.25, 0.3) is 16.6 Å². The standard InChI is InChI=1S/C25H27F3N2O4/c1-23(2,3)16-10-17(24(4,5)6)20(31)11-19(16)30-12-15(22(29)33)21(32)14-8-7-13(9-18(14)30)34-25(26,27)28/h7-12,31H,1-6H3,(H2,29,33). The molecule has 0 saturated heterocycles. The number of benzene rings is 2. The van der Waals surface area contributed by atoms with Gasteiger partial charge in [-0.05, 0) is 40.2 Å². The second kappa shape index (κ2) is 8.07. The van der Waals surface area contributed by atoms with Gasteiger partial charge in [0.25, 0.3) is 5.91 Å². The number of rotatable bonds is 3. The zero-order chi connectivity index (χ0) is 25.8. The Morgan fingerprint density at radius 2 is 1.56 bits per heavy atom. The molecule has 34 heavy (non-hydrogen) atoms. The lowest BCUT2D eigenvalue weighted by Crippen LogP contribution is -2.25. The molecule has 2 aromatic carbocycles. The topological polar surface area (TPSA) is 94.6 Å². The van der Waals surface area contributed by atoms with E-state index in [1.54, 1.807) is 0 Å². The van der Waals surface area contributed by atoms with E-state index in [9.17, 15) is 27.9 Å². The molecule has 1 aromatic heterocycles. The Hall–Kier alpha value is -3.49. The highest BCUT2D eigenvalue weighted by molar-refractivity contribution is 5.97. The van der Waals surface area contributed by atoms with Crippen molar-refractivity contribution in [1.82, 2.24) is 4.57 Å². The number of hydrogen-bond donors (Lipinski definition) is 2. The summed E-state index contributed by atoms with van der Waals surface area (Å²) in [5.74, 6) is -1.55. The highest BCUT2D eigenvalue weighted by Crippen LogP contribution is 2.40. The number of nitrogens with zero attached hydrogens (tertiary/aromatic N) is 1. The maximum atomic E-state index is 12.9. The summed E-state index contributed by atoms with van der Waals surface area (Å²) in [6, 6.07) is 6.52. The molecule has 0 radical (unpaired) electrons. The monoisotopic (exact) mass is 476 g/mol. The van der Waals surface area contributed by atoms with Gasteiger partial charge in [0.15, 0.2) is 0 Å². The van der Waals surface area contributed by atoms with Crippen molar-refractivity contribution in [1.29, 1.82) is 0 Å². The molecule has 0 unspecified atom stereocenters. The van der Waals surface area contributed by atoms with Crippen molar-refractivity contribution in [3.63, 3.8) is 0 Å². The minimum absolute atomic E-state index is 0.0231. The SMILES string of the molecule is CC(C)(C)c1cc(C(C)(C)C)c(-n2cc(C(N)=O)c(=O)c3ccc(OC(F)(F)F)cc32)cc1O. The Morgan fingerprint density at radius 1 is 0.971 bits per heavy atom. The van der Waals surface area contributed by atoms with Gasteiger partial charge >= 0.3 is 6.36 Å². The third-order valence-electron chi connectivity index (χ3n) is 5.46. The second-order valence-corrected chi connectivity index (χ2v) is 10.2. The molecule has 9 heteroatoms. The van der Waals surface area contributed by atoms with E-state index >= 15 is 0 Å². The average Bonchev–Trinajstić information content (AvgIpc) is 2.64. The van der Waals surface area contributed by atoms with Gasteiger partial charge in [-0.3, -0.25) is 9.59 Å². The lowest BCUT2D eigenvalue weighted by Gasteiger charge is -2.29. The molecule has 0 aliphatic heterocycles. The first-order chi connectivity index (χ1) is 15.4. The van der Waals surface area contributed by atoms with Crippen LogP contribution in [-0.4, -0.2) is 21.9 Å². The quantitative estimate of drug-likeness (QED) is 0.537. The number of halogens is 3. The summed E-state index contributed by atoms with van der Waals surface area (Å²) in [7, 11) is 0. The van der Waals surface area contributed by atoms with Crippen molar-refractivity contribution in [3.05, 3.63) is 63.4 Å². The van der Waals surface area contributed by atoms with E-state index in [-0.39, 0.29) is 22.2 Å². The molecular weight excluding hydrogens is 449 g/mol. The summed E-state index contributed by atoms with van der Waals surface area (Å²) in [4.78, 5) is 24.9. The Kier molecular flexibility index (Phi) is 5.97. The Balaban J connectivity index is 2.50. The molecule has 0 aliphatic rings. The first-order valence-corrected chi connectivity index (χ1v) is 10.5. The van der Waals surface area contributed by atoms with Gasteiger partial charge in [0.1, 0.15) is 17.1 Å². The molecule has 0 saturated carbocycles. The Labute approximate surface area is 194 Å². The van der Waals surface area contributed by atoms with Crippen LogP contribution in [-0.2, 0) is 10.8 Å². The third kappa shape index (κ3) is 4.88. The molecular formula is C25H27F3N2O4. The molecule has 3 N–H and O–H groups in total. The van der Waals surface area contributed by atoms with Crippen LogP contribution in [0, 0.1) is 0 Å². The maximum absolute atomic E-state index is 12.9. The molecule has 0 bridgehead atoms. The number of aromatic hydroxyl groups is 1. The summed E-state index contributed by atoms with van der Waals surface area (Å²) < 4.78 is 44.0. The van der Waals surface area contributed by atoms with Crippen LogP contribution in [0.5, 0.6) is 11.5 Å². The largest absolute Gasteiger partial charge is 0.573 e. The van der Waals surface area contributed by atoms with Gasteiger partial charge in [0, 0.05) is 23.7 Å². The van der Waals surface area contributed by atoms with Crippen LogP contribution in [0.15, 0.2) is 41.3 Å². The minimum atomic E-state index is -4.94. The number of hydrogen-bond acceptors (Lipinski definition) is 4. The van der Waals surface area contributed by atoms with Crippen LogP contribution < -0.4 is 15.9 Å². The van der Waals surface area contributed by atoms with Gasteiger partial charge in [0.2, 0.25) is 5.43 Å². The molecule has 0 aliphatic carbocycles. The van der Waals surface area contributed by atoms with Crippen molar-refractivity contribution in [2.45, 2.75) is 58.7 Å². The van der Waals surface area contributed by atoms with E-state index in [2.05, 4.69) is 4.74 Å². The van der Waals surface area contributed by atoms with E-state index < -0.39 is 34.3 Å². The lowest BCUT2D eigenvalue weighted by atomic mass is 9.79. The number of nitrogens with two attached hydrogens (primary N) is 1. The second-order valence-electron chi connectivity index (χ2n) is 10.2. The van der Waals surface area contributed by atoms with Crippen molar-refractivity contribution < 1.29 is 27.8 Å². The summed E-state index contributed by atoms with van der Waals surface area (Å²) in [6.45, 7) is 11.6. The van der Waals surface area contributed by atoms with Gasteiger partial charge in [0.05, 0.1) is 11.2 Å². The van der Waals surface area contributed by atoms with E-state index in [0.717, 1.165) is 23.8 Å². The molecule has 6 nitrogen and oxygen atoms in total. The minimum Gasteiger partial charge on any atom is -0.508 e. The maximum Gasteiger partial charge on any atom is 0.573 e. The normalized spacial score (nSPS) is 12.7. The van der Waals surface area contributed by atoms with Crippen molar-refractivity contribution >= 4 is 16.8 Å². The molecule has 0 fully saturated rings. The molecule has 3 aromatic rings. The molecule has 3 rings (SSSR count).